The van der Waals surface area contributed by atoms with E-state index in [1.54, 1.807) is 18.2 Å². The fourth-order valence-corrected chi connectivity index (χ4v) is 3.24. The number of aldehydes is 1. The van der Waals surface area contributed by atoms with Gasteiger partial charge in [0.2, 0.25) is 0 Å². The largest absolute Gasteiger partial charge is 0.473 e. The lowest BCUT2D eigenvalue weighted by molar-refractivity contribution is -0.122. The highest BCUT2D eigenvalue weighted by molar-refractivity contribution is 6.35. The summed E-state index contributed by atoms with van der Waals surface area (Å²) in [6, 6.07) is 14.7. The second kappa shape index (κ2) is 9.24. The molecule has 0 N–H and O–H groups in total. The maximum atomic E-state index is 11.1. The quantitative estimate of drug-likeness (QED) is 0.666. The highest BCUT2D eigenvalue weighted by atomic mass is 35.5. The number of ether oxygens (including phenoxy) is 1. The molecule has 2 aromatic rings. The molecule has 0 amide bonds. The Morgan fingerprint density at radius 2 is 1.77 bits per heavy atom. The number of hydrogen-bond acceptors (Lipinski definition) is 5. The summed E-state index contributed by atoms with van der Waals surface area (Å²) in [6.07, 6.45) is 0.755. The number of piperazine rings is 1. The second-order valence-corrected chi connectivity index (χ2v) is 6.76. The molecular weight excluding hydrogens is 375 g/mol. The second-order valence-electron chi connectivity index (χ2n) is 5.92. The first-order valence-corrected chi connectivity index (χ1v) is 9.18. The van der Waals surface area contributed by atoms with Crippen LogP contribution in [0.5, 0.6) is 11.5 Å². The Bertz CT molecular complexity index is 722. The van der Waals surface area contributed by atoms with Gasteiger partial charge in [0.15, 0.2) is 6.23 Å². The number of hydroxylamine groups is 2. The number of benzene rings is 2. The molecule has 0 saturated carbocycles. The van der Waals surface area contributed by atoms with Crippen LogP contribution < -0.4 is 9.57 Å². The molecule has 0 bridgehead atoms. The first kappa shape index (κ1) is 19.0. The third kappa shape index (κ3) is 5.11. The van der Waals surface area contributed by atoms with E-state index in [0.29, 0.717) is 28.9 Å². The van der Waals surface area contributed by atoms with Crippen molar-refractivity contribution in [3.05, 3.63) is 58.6 Å². The van der Waals surface area contributed by atoms with Gasteiger partial charge in [0.25, 0.3) is 0 Å². The van der Waals surface area contributed by atoms with Crippen LogP contribution in [-0.4, -0.2) is 48.7 Å². The van der Waals surface area contributed by atoms with Crippen molar-refractivity contribution in [2.75, 3.05) is 26.2 Å². The van der Waals surface area contributed by atoms with Gasteiger partial charge in [-0.1, -0.05) is 41.4 Å². The molecule has 1 unspecified atom stereocenters. The van der Waals surface area contributed by atoms with Crippen LogP contribution in [0.25, 0.3) is 0 Å². The van der Waals surface area contributed by atoms with E-state index < -0.39 is 0 Å². The Hall–Kier alpha value is -1.79. The van der Waals surface area contributed by atoms with E-state index in [1.165, 1.54) is 0 Å². The van der Waals surface area contributed by atoms with Crippen LogP contribution in [0.1, 0.15) is 6.42 Å². The zero-order valence-corrected chi connectivity index (χ0v) is 15.7. The zero-order chi connectivity index (χ0) is 18.4. The van der Waals surface area contributed by atoms with Gasteiger partial charge in [0.1, 0.15) is 17.8 Å². The fraction of sp³-hybridized carbons (Fsp3) is 0.316. The SMILES string of the molecule is O=CCC(Oc1ccc(Cl)cc1Cl)N1CCN(Oc2ccccc2)CC1. The molecule has 0 radical (unpaired) electrons. The van der Waals surface area contributed by atoms with Crippen molar-refractivity contribution in [3.63, 3.8) is 0 Å². The van der Waals surface area contributed by atoms with Crippen LogP contribution in [0.4, 0.5) is 0 Å². The normalized spacial score (nSPS) is 16.8. The number of carbonyl (C=O) groups is 1. The summed E-state index contributed by atoms with van der Waals surface area (Å²) in [5.74, 6) is 1.33. The first-order valence-electron chi connectivity index (χ1n) is 8.43. The molecule has 26 heavy (non-hydrogen) atoms. The molecule has 1 aliphatic heterocycles. The third-order valence-electron chi connectivity index (χ3n) is 4.11. The van der Waals surface area contributed by atoms with Crippen molar-refractivity contribution in [2.45, 2.75) is 12.6 Å². The molecule has 5 nitrogen and oxygen atoms in total. The number of carbonyl (C=O) groups excluding carboxylic acids is 1. The molecule has 3 rings (SSSR count). The molecule has 0 aromatic heterocycles. The molecule has 1 aliphatic rings. The van der Waals surface area contributed by atoms with Crippen molar-refractivity contribution in [3.8, 4) is 11.5 Å². The zero-order valence-electron chi connectivity index (χ0n) is 14.2. The van der Waals surface area contributed by atoms with Crippen LogP contribution in [0.2, 0.25) is 10.0 Å². The van der Waals surface area contributed by atoms with Crippen LogP contribution in [-0.2, 0) is 4.79 Å². The molecule has 2 aromatic carbocycles. The van der Waals surface area contributed by atoms with Gasteiger partial charge in [-0.15, -0.1) is 5.06 Å². The maximum absolute atomic E-state index is 11.1. The Morgan fingerprint density at radius 3 is 2.42 bits per heavy atom. The van der Waals surface area contributed by atoms with Gasteiger partial charge in [-0.3, -0.25) is 4.90 Å². The standard InChI is InChI=1S/C19H20Cl2N2O3/c20-15-6-7-18(17(21)14-15)25-19(8-13-24)22-9-11-23(12-10-22)26-16-4-2-1-3-5-16/h1-7,13-14,19H,8-12H2. The molecule has 138 valence electrons. The molecule has 0 spiro atoms. The van der Waals surface area contributed by atoms with Crippen LogP contribution in [0, 0.1) is 0 Å². The predicted molar refractivity (Wildman–Crippen MR) is 102 cm³/mol. The summed E-state index contributed by atoms with van der Waals surface area (Å²) < 4.78 is 5.98. The number of hydrogen-bond donors (Lipinski definition) is 0. The summed E-state index contributed by atoms with van der Waals surface area (Å²) in [4.78, 5) is 19.1. The minimum atomic E-state index is -0.370. The third-order valence-corrected chi connectivity index (χ3v) is 4.64. The Morgan fingerprint density at radius 1 is 1.04 bits per heavy atom. The molecular formula is C19H20Cl2N2O3. The van der Waals surface area contributed by atoms with Crippen molar-refractivity contribution in [1.82, 2.24) is 9.96 Å². The van der Waals surface area contributed by atoms with Crippen LogP contribution >= 0.6 is 23.2 Å². The van der Waals surface area contributed by atoms with Gasteiger partial charge in [0.05, 0.1) is 11.4 Å². The fourth-order valence-electron chi connectivity index (χ4n) is 2.78. The van der Waals surface area contributed by atoms with Crippen molar-refractivity contribution >= 4 is 29.5 Å². The van der Waals surface area contributed by atoms with E-state index in [0.717, 1.165) is 25.1 Å². The number of rotatable bonds is 7. The van der Waals surface area contributed by atoms with Gasteiger partial charge >= 0.3 is 0 Å². The summed E-state index contributed by atoms with van der Waals surface area (Å²) in [5.41, 5.74) is 0. The summed E-state index contributed by atoms with van der Waals surface area (Å²) in [6.45, 7) is 2.86. The maximum Gasteiger partial charge on any atom is 0.159 e. The van der Waals surface area contributed by atoms with Gasteiger partial charge in [-0.2, -0.15) is 0 Å². The average Bonchev–Trinajstić information content (AvgIpc) is 2.65. The van der Waals surface area contributed by atoms with E-state index in [4.69, 9.17) is 32.8 Å². The molecule has 1 saturated heterocycles. The van der Waals surface area contributed by atoms with E-state index in [9.17, 15) is 4.79 Å². The monoisotopic (exact) mass is 394 g/mol. The lowest BCUT2D eigenvalue weighted by Gasteiger charge is -2.37. The van der Waals surface area contributed by atoms with Gasteiger partial charge < -0.3 is 14.4 Å². The van der Waals surface area contributed by atoms with E-state index >= 15 is 0 Å². The number of para-hydroxylation sites is 1. The van der Waals surface area contributed by atoms with Crippen molar-refractivity contribution in [2.24, 2.45) is 0 Å². The topological polar surface area (TPSA) is 42.0 Å². The predicted octanol–water partition coefficient (Wildman–Crippen LogP) is 3.90. The first-order chi connectivity index (χ1) is 12.7. The van der Waals surface area contributed by atoms with E-state index in [2.05, 4.69) is 4.90 Å². The van der Waals surface area contributed by atoms with Crippen molar-refractivity contribution < 1.29 is 14.4 Å². The minimum absolute atomic E-state index is 0.262. The Labute approximate surface area is 163 Å². The summed E-state index contributed by atoms with van der Waals surface area (Å²) >= 11 is 12.1. The minimum Gasteiger partial charge on any atom is -0.473 e. The van der Waals surface area contributed by atoms with E-state index in [-0.39, 0.29) is 12.6 Å². The average molecular weight is 395 g/mol. The van der Waals surface area contributed by atoms with Gasteiger partial charge in [0, 0.05) is 31.2 Å². The van der Waals surface area contributed by atoms with Gasteiger partial charge in [-0.05, 0) is 30.3 Å². The van der Waals surface area contributed by atoms with Crippen molar-refractivity contribution in [1.29, 1.82) is 0 Å². The number of halogens is 2. The summed E-state index contributed by atoms with van der Waals surface area (Å²) in [7, 11) is 0. The van der Waals surface area contributed by atoms with Crippen LogP contribution in [0.15, 0.2) is 48.5 Å². The molecule has 0 aliphatic carbocycles. The van der Waals surface area contributed by atoms with E-state index in [1.807, 2.05) is 35.4 Å². The molecule has 1 heterocycles. The van der Waals surface area contributed by atoms with Gasteiger partial charge in [-0.25, -0.2) is 0 Å². The smallest absolute Gasteiger partial charge is 0.159 e. The Kier molecular flexibility index (Phi) is 6.74. The highest BCUT2D eigenvalue weighted by Crippen LogP contribution is 2.29. The molecule has 7 heteroatoms. The highest BCUT2D eigenvalue weighted by Gasteiger charge is 2.26. The lowest BCUT2D eigenvalue weighted by Crippen LogP contribution is -2.52. The number of nitrogens with zero attached hydrogens (tertiary/aromatic N) is 2. The van der Waals surface area contributed by atoms with Crippen LogP contribution in [0.3, 0.4) is 0 Å². The summed E-state index contributed by atoms with van der Waals surface area (Å²) in [5, 5.41) is 2.89. The molecule has 1 atom stereocenters. The lowest BCUT2D eigenvalue weighted by atomic mass is 10.3. The molecule has 1 fully saturated rings. The Balaban J connectivity index is 1.58.